The molecule has 0 spiro atoms. The molecule has 0 amide bonds. The minimum Gasteiger partial charge on any atom is -0.462 e. The smallest absolute Gasteiger partial charge is 0.306 e. The lowest BCUT2D eigenvalue weighted by molar-refractivity contribution is -0.167. The highest BCUT2D eigenvalue weighted by atomic mass is 16.6. The number of rotatable bonds is 42. The van der Waals surface area contributed by atoms with E-state index >= 15 is 0 Å². The Kier molecular flexibility index (Phi) is 43.5. The maximum Gasteiger partial charge on any atom is 0.306 e. The van der Waals surface area contributed by atoms with Crippen molar-refractivity contribution >= 4 is 17.9 Å². The highest BCUT2D eigenvalue weighted by molar-refractivity contribution is 5.71. The molecule has 0 aromatic carbocycles. The molecule has 6 heteroatoms. The third-order valence-electron chi connectivity index (χ3n) is 10.0. The van der Waals surface area contributed by atoms with Gasteiger partial charge >= 0.3 is 17.9 Å². The van der Waals surface area contributed by atoms with Crippen molar-refractivity contribution in [1.82, 2.24) is 0 Å². The summed E-state index contributed by atoms with van der Waals surface area (Å²) in [6.45, 7) is 6.44. The first-order chi connectivity index (χ1) is 28.0. The van der Waals surface area contributed by atoms with Crippen LogP contribution in [0.15, 0.2) is 60.8 Å². The first-order valence-corrected chi connectivity index (χ1v) is 23.8. The second kappa shape index (κ2) is 45.8. The number of hydrogen-bond donors (Lipinski definition) is 0. The number of ether oxygens (including phenoxy) is 3. The molecule has 0 bridgehead atoms. The van der Waals surface area contributed by atoms with Gasteiger partial charge in [-0.2, -0.15) is 0 Å². The van der Waals surface area contributed by atoms with Crippen molar-refractivity contribution in [3.63, 3.8) is 0 Å². The van der Waals surface area contributed by atoms with E-state index in [1.165, 1.54) is 64.2 Å². The van der Waals surface area contributed by atoms with Crippen molar-refractivity contribution in [2.75, 3.05) is 13.2 Å². The van der Waals surface area contributed by atoms with E-state index in [9.17, 15) is 14.4 Å². The molecule has 0 saturated carbocycles. The highest BCUT2D eigenvalue weighted by Crippen LogP contribution is 2.14. The Hall–Kier alpha value is -2.89. The molecule has 6 nitrogen and oxygen atoms in total. The van der Waals surface area contributed by atoms with Gasteiger partial charge in [0.25, 0.3) is 0 Å². The van der Waals surface area contributed by atoms with Gasteiger partial charge in [-0.15, -0.1) is 0 Å². The van der Waals surface area contributed by atoms with Crippen LogP contribution in [0, 0.1) is 0 Å². The Balaban J connectivity index is 4.42. The lowest BCUT2D eigenvalue weighted by Gasteiger charge is -2.18. The molecule has 0 radical (unpaired) electrons. The van der Waals surface area contributed by atoms with E-state index in [0.717, 1.165) is 122 Å². The molecule has 328 valence electrons. The van der Waals surface area contributed by atoms with Gasteiger partial charge in [-0.25, -0.2) is 0 Å². The molecule has 1 atom stereocenters. The van der Waals surface area contributed by atoms with Crippen LogP contribution in [0.3, 0.4) is 0 Å². The molecule has 0 rings (SSSR count). The van der Waals surface area contributed by atoms with Crippen LogP contribution in [-0.2, 0) is 28.6 Å². The molecule has 0 aliphatic rings. The first-order valence-electron chi connectivity index (χ1n) is 23.8. The monoisotopic (exact) mass is 797 g/mol. The van der Waals surface area contributed by atoms with E-state index in [1.54, 1.807) is 0 Å². The van der Waals surface area contributed by atoms with Crippen molar-refractivity contribution in [3.05, 3.63) is 60.8 Å². The number of allylic oxidation sites excluding steroid dienone is 10. The Morgan fingerprint density at radius 3 is 1.12 bits per heavy atom. The third kappa shape index (κ3) is 44.1. The molecule has 0 aromatic rings. The minimum absolute atomic E-state index is 0.0846. The molecule has 57 heavy (non-hydrogen) atoms. The summed E-state index contributed by atoms with van der Waals surface area (Å²) in [6, 6.07) is 0. The van der Waals surface area contributed by atoms with Crippen molar-refractivity contribution < 1.29 is 28.6 Å². The second-order valence-electron chi connectivity index (χ2n) is 15.6. The topological polar surface area (TPSA) is 78.9 Å². The molecule has 0 heterocycles. The second-order valence-corrected chi connectivity index (χ2v) is 15.6. The van der Waals surface area contributed by atoms with Crippen LogP contribution in [-0.4, -0.2) is 37.2 Å². The van der Waals surface area contributed by atoms with Crippen LogP contribution in [0.5, 0.6) is 0 Å². The van der Waals surface area contributed by atoms with Gasteiger partial charge in [0.2, 0.25) is 0 Å². The van der Waals surface area contributed by atoms with E-state index in [0.29, 0.717) is 19.3 Å². The molecular formula is C51H88O6. The lowest BCUT2D eigenvalue weighted by atomic mass is 10.1. The Bertz CT molecular complexity index is 1050. The first kappa shape index (κ1) is 54.1. The van der Waals surface area contributed by atoms with Gasteiger partial charge in [0.05, 0.1) is 0 Å². The van der Waals surface area contributed by atoms with Gasteiger partial charge in [-0.3, -0.25) is 14.4 Å². The van der Waals surface area contributed by atoms with Gasteiger partial charge < -0.3 is 14.2 Å². The largest absolute Gasteiger partial charge is 0.462 e. The number of carbonyl (C=O) groups is 3. The summed E-state index contributed by atoms with van der Waals surface area (Å²) in [5, 5.41) is 0. The van der Waals surface area contributed by atoms with Crippen LogP contribution < -0.4 is 0 Å². The Labute approximate surface area is 351 Å². The molecular weight excluding hydrogens is 709 g/mol. The molecule has 0 fully saturated rings. The van der Waals surface area contributed by atoms with Crippen molar-refractivity contribution in [1.29, 1.82) is 0 Å². The van der Waals surface area contributed by atoms with Crippen molar-refractivity contribution in [2.45, 2.75) is 232 Å². The Morgan fingerprint density at radius 2 is 0.702 bits per heavy atom. The predicted octanol–water partition coefficient (Wildman–Crippen LogP) is 15.3. The quantitative estimate of drug-likeness (QED) is 0.0265. The third-order valence-corrected chi connectivity index (χ3v) is 10.0. The molecule has 0 saturated heterocycles. The van der Waals surface area contributed by atoms with Gasteiger partial charge in [0.15, 0.2) is 6.10 Å². The molecule has 0 aliphatic heterocycles. The van der Waals surface area contributed by atoms with E-state index in [1.807, 2.05) is 0 Å². The average Bonchev–Trinajstić information content (AvgIpc) is 3.21. The summed E-state index contributed by atoms with van der Waals surface area (Å²) in [5.41, 5.74) is 0. The van der Waals surface area contributed by atoms with Gasteiger partial charge in [0, 0.05) is 19.3 Å². The van der Waals surface area contributed by atoms with E-state index in [-0.39, 0.29) is 31.1 Å². The van der Waals surface area contributed by atoms with Crippen LogP contribution >= 0.6 is 0 Å². The average molecular weight is 797 g/mol. The van der Waals surface area contributed by atoms with Gasteiger partial charge in [0.1, 0.15) is 13.2 Å². The fourth-order valence-corrected chi connectivity index (χ4v) is 6.41. The molecule has 0 N–H and O–H groups in total. The zero-order valence-electron chi connectivity index (χ0n) is 37.3. The summed E-state index contributed by atoms with van der Waals surface area (Å²) in [4.78, 5) is 37.8. The van der Waals surface area contributed by atoms with Crippen LogP contribution in [0.1, 0.15) is 226 Å². The van der Waals surface area contributed by atoms with E-state index < -0.39 is 6.10 Å². The standard InChI is InChI=1S/C51H88O6/c1-4-7-10-13-16-19-22-24-26-28-29-32-35-38-41-44-50(53)56-47-48(46-55-49(52)43-40-37-34-31-21-18-15-12-9-6-3)57-51(54)45-42-39-36-33-30-27-25-23-20-17-14-11-8-5-2/h7,10,14,16-17,19,23-26,48H,4-6,8-9,11-13,15,18,20-22,27-47H2,1-3H3/b10-7-,17-14-,19-16-,25-23-,26-24-/t48-/m1/s1. The van der Waals surface area contributed by atoms with Gasteiger partial charge in [-0.05, 0) is 77.0 Å². The van der Waals surface area contributed by atoms with Crippen LogP contribution in [0.2, 0.25) is 0 Å². The molecule has 0 aromatic heterocycles. The summed E-state index contributed by atoms with van der Waals surface area (Å²) >= 11 is 0. The fraction of sp³-hybridized carbons (Fsp3) is 0.745. The molecule has 0 aliphatic carbocycles. The summed E-state index contributed by atoms with van der Waals surface area (Å²) in [5.74, 6) is -0.918. The lowest BCUT2D eigenvalue weighted by Crippen LogP contribution is -2.30. The molecule has 0 unspecified atom stereocenters. The van der Waals surface area contributed by atoms with E-state index in [4.69, 9.17) is 14.2 Å². The normalized spacial score (nSPS) is 12.5. The number of unbranched alkanes of at least 4 members (excludes halogenated alkanes) is 21. The van der Waals surface area contributed by atoms with Crippen LogP contribution in [0.25, 0.3) is 0 Å². The maximum atomic E-state index is 12.7. The predicted molar refractivity (Wildman–Crippen MR) is 242 cm³/mol. The Morgan fingerprint density at radius 1 is 0.368 bits per heavy atom. The summed E-state index contributed by atoms with van der Waals surface area (Å²) in [6.07, 6.45) is 54.8. The minimum atomic E-state index is -0.784. The SMILES string of the molecule is CC/C=C\C/C=C\C/C=C\CCCCCCCC(=O)OC[C@@H](COC(=O)CCCCCCCCCCCC)OC(=O)CCCCCCC/C=C\C/C=C\CCCC. The summed E-state index contributed by atoms with van der Waals surface area (Å²) < 4.78 is 16.7. The zero-order chi connectivity index (χ0) is 41.5. The number of hydrogen-bond acceptors (Lipinski definition) is 6. The summed E-state index contributed by atoms with van der Waals surface area (Å²) in [7, 11) is 0. The van der Waals surface area contributed by atoms with E-state index in [2.05, 4.69) is 81.5 Å². The zero-order valence-corrected chi connectivity index (χ0v) is 37.3. The fourth-order valence-electron chi connectivity index (χ4n) is 6.41. The number of esters is 3. The van der Waals surface area contributed by atoms with Crippen molar-refractivity contribution in [3.8, 4) is 0 Å². The maximum absolute atomic E-state index is 12.7. The van der Waals surface area contributed by atoms with Gasteiger partial charge in [-0.1, -0.05) is 191 Å². The van der Waals surface area contributed by atoms with Crippen molar-refractivity contribution in [2.24, 2.45) is 0 Å². The van der Waals surface area contributed by atoms with Crippen LogP contribution in [0.4, 0.5) is 0 Å². The number of carbonyl (C=O) groups excluding carboxylic acids is 3. The highest BCUT2D eigenvalue weighted by Gasteiger charge is 2.19.